The van der Waals surface area contributed by atoms with Gasteiger partial charge in [0.05, 0.1) is 11.4 Å². The lowest BCUT2D eigenvalue weighted by Gasteiger charge is -2.01. The Balaban J connectivity index is 2.11. The highest BCUT2D eigenvalue weighted by Gasteiger charge is 2.18. The van der Waals surface area contributed by atoms with Gasteiger partial charge < -0.3 is 10.3 Å². The lowest BCUT2D eigenvalue weighted by Crippen LogP contribution is -2.23. The highest BCUT2D eigenvalue weighted by Crippen LogP contribution is 2.21. The molecule has 2 heterocycles. The van der Waals surface area contributed by atoms with E-state index in [1.807, 2.05) is 0 Å². The number of nitrogens with two attached hydrogens (primary N) is 1. The van der Waals surface area contributed by atoms with Crippen LogP contribution < -0.4 is 10.5 Å². The van der Waals surface area contributed by atoms with Crippen LogP contribution in [0.3, 0.4) is 0 Å². The summed E-state index contributed by atoms with van der Waals surface area (Å²) in [4.78, 5) is 4.61. The van der Waals surface area contributed by atoms with E-state index in [1.54, 1.807) is 13.0 Å². The van der Waals surface area contributed by atoms with Gasteiger partial charge in [0.15, 0.2) is 5.82 Å². The molecule has 19 heavy (non-hydrogen) atoms. The molecule has 7 nitrogen and oxygen atoms in total. The van der Waals surface area contributed by atoms with Crippen LogP contribution in [0.2, 0.25) is 0 Å². The molecule has 0 aliphatic rings. The summed E-state index contributed by atoms with van der Waals surface area (Å²) in [5.74, 6) is 0.647. The van der Waals surface area contributed by atoms with E-state index in [4.69, 9.17) is 22.5 Å². The average molecular weight is 318 g/mol. The zero-order valence-electron chi connectivity index (χ0n) is 9.78. The summed E-state index contributed by atoms with van der Waals surface area (Å²) in [5, 5.41) is 3.60. The van der Waals surface area contributed by atoms with E-state index in [0.717, 1.165) is 11.3 Å². The minimum Gasteiger partial charge on any atom is -0.389 e. The molecule has 0 amide bonds. The lowest BCUT2D eigenvalue weighted by molar-refractivity contribution is 0.387. The molecule has 0 aliphatic heterocycles. The maximum Gasteiger partial charge on any atom is 0.250 e. The van der Waals surface area contributed by atoms with Crippen LogP contribution in [0.15, 0.2) is 20.9 Å². The molecule has 0 fully saturated rings. The maximum absolute atomic E-state index is 12.0. The van der Waals surface area contributed by atoms with Crippen molar-refractivity contribution in [2.75, 3.05) is 0 Å². The number of hydrogen-bond donors (Lipinski definition) is 2. The highest BCUT2D eigenvalue weighted by atomic mass is 32.2. The molecule has 0 saturated carbocycles. The summed E-state index contributed by atoms with van der Waals surface area (Å²) in [6.07, 6.45) is 0. The van der Waals surface area contributed by atoms with Crippen molar-refractivity contribution in [1.29, 1.82) is 0 Å². The fourth-order valence-electron chi connectivity index (χ4n) is 1.24. The number of rotatable bonds is 5. The smallest absolute Gasteiger partial charge is 0.250 e. The molecule has 3 N–H and O–H groups in total. The quantitative estimate of drug-likeness (QED) is 0.774. The summed E-state index contributed by atoms with van der Waals surface area (Å²) < 4.78 is 31.2. The van der Waals surface area contributed by atoms with E-state index in [0.29, 0.717) is 10.8 Å². The Labute approximate surface area is 118 Å². The van der Waals surface area contributed by atoms with Crippen molar-refractivity contribution >= 4 is 38.6 Å². The van der Waals surface area contributed by atoms with E-state index in [-0.39, 0.29) is 21.6 Å². The van der Waals surface area contributed by atoms with E-state index < -0.39 is 10.0 Å². The molecule has 0 radical (unpaired) electrons. The van der Waals surface area contributed by atoms with Gasteiger partial charge in [-0.15, -0.1) is 11.3 Å². The first-order valence-electron chi connectivity index (χ1n) is 5.07. The molecule has 0 saturated heterocycles. The number of thiocarbonyl (C=S) groups is 1. The number of aromatic nitrogens is 2. The monoisotopic (exact) mass is 318 g/mol. The first-order valence-corrected chi connectivity index (χ1v) is 7.78. The van der Waals surface area contributed by atoms with Crippen LogP contribution >= 0.6 is 23.6 Å². The Morgan fingerprint density at radius 1 is 1.58 bits per heavy atom. The largest absolute Gasteiger partial charge is 0.389 e. The Hall–Kier alpha value is -1.36. The second kappa shape index (κ2) is 5.33. The van der Waals surface area contributed by atoms with Crippen molar-refractivity contribution in [3.05, 3.63) is 28.7 Å². The molecule has 0 atom stereocenters. The Morgan fingerprint density at radius 3 is 2.84 bits per heavy atom. The van der Waals surface area contributed by atoms with E-state index >= 15 is 0 Å². The molecule has 0 aliphatic carbocycles. The van der Waals surface area contributed by atoms with Crippen molar-refractivity contribution < 1.29 is 12.9 Å². The van der Waals surface area contributed by atoms with E-state index in [9.17, 15) is 8.42 Å². The van der Waals surface area contributed by atoms with Gasteiger partial charge in [-0.2, -0.15) is 4.98 Å². The Morgan fingerprint density at radius 2 is 2.32 bits per heavy atom. The van der Waals surface area contributed by atoms with Gasteiger partial charge in [0, 0.05) is 6.92 Å². The lowest BCUT2D eigenvalue weighted by atomic mass is 10.5. The van der Waals surface area contributed by atoms with Crippen LogP contribution in [0.4, 0.5) is 0 Å². The molecule has 0 bridgehead atoms. The van der Waals surface area contributed by atoms with Gasteiger partial charge in [-0.05, 0) is 12.1 Å². The standard InChI is InChI=1S/C9H10N4O3S3/c1-5-12-7(13-16-5)4-11-19(14,15)8-3-2-6(18-8)9(10)17/h2-3,11H,4H2,1H3,(H2,10,17). The summed E-state index contributed by atoms with van der Waals surface area (Å²) >= 11 is 5.79. The topological polar surface area (TPSA) is 111 Å². The third kappa shape index (κ3) is 3.35. The molecule has 2 rings (SSSR count). The van der Waals surface area contributed by atoms with Crippen LogP contribution in [0.25, 0.3) is 0 Å². The molecular formula is C9H10N4O3S3. The van der Waals surface area contributed by atoms with Crippen molar-refractivity contribution in [2.24, 2.45) is 5.73 Å². The van der Waals surface area contributed by atoms with Gasteiger partial charge in [-0.3, -0.25) is 0 Å². The summed E-state index contributed by atoms with van der Waals surface area (Å²) in [6.45, 7) is 1.58. The zero-order chi connectivity index (χ0) is 14.0. The molecule has 102 valence electrons. The SMILES string of the molecule is Cc1nc(CNS(=O)(=O)c2ccc(C(N)=S)s2)no1. The van der Waals surface area contributed by atoms with Gasteiger partial charge >= 0.3 is 0 Å². The number of sulfonamides is 1. The molecule has 2 aromatic heterocycles. The van der Waals surface area contributed by atoms with Crippen LogP contribution in [-0.4, -0.2) is 23.5 Å². The number of thiophene rings is 1. The molecular weight excluding hydrogens is 308 g/mol. The normalized spacial score (nSPS) is 11.6. The third-order valence-electron chi connectivity index (χ3n) is 2.08. The number of hydrogen-bond acceptors (Lipinski definition) is 7. The van der Waals surface area contributed by atoms with Crippen LogP contribution in [-0.2, 0) is 16.6 Å². The van der Waals surface area contributed by atoms with Gasteiger partial charge in [0.1, 0.15) is 9.20 Å². The van der Waals surface area contributed by atoms with E-state index in [2.05, 4.69) is 14.9 Å². The Bertz CT molecular complexity index is 704. The first-order chi connectivity index (χ1) is 8.88. The van der Waals surface area contributed by atoms with Gasteiger partial charge in [0.25, 0.3) is 0 Å². The van der Waals surface area contributed by atoms with Gasteiger partial charge in [-0.1, -0.05) is 17.4 Å². The van der Waals surface area contributed by atoms with E-state index in [1.165, 1.54) is 6.07 Å². The fraction of sp³-hybridized carbons (Fsp3) is 0.222. The second-order valence-electron chi connectivity index (χ2n) is 3.54. The number of nitrogens with one attached hydrogen (secondary N) is 1. The van der Waals surface area contributed by atoms with Crippen molar-refractivity contribution in [1.82, 2.24) is 14.9 Å². The molecule has 10 heteroatoms. The summed E-state index contributed by atoms with van der Waals surface area (Å²) in [5.41, 5.74) is 5.43. The van der Waals surface area contributed by atoms with Crippen molar-refractivity contribution in [3.63, 3.8) is 0 Å². The molecule has 2 aromatic rings. The third-order valence-corrected chi connectivity index (χ3v) is 5.44. The van der Waals surface area contributed by atoms with Crippen LogP contribution in [0.1, 0.15) is 16.6 Å². The van der Waals surface area contributed by atoms with Gasteiger partial charge in [-0.25, -0.2) is 13.1 Å². The minimum atomic E-state index is -3.63. The number of nitrogens with zero attached hydrogens (tertiary/aromatic N) is 2. The zero-order valence-corrected chi connectivity index (χ0v) is 12.2. The fourth-order valence-corrected chi connectivity index (χ4v) is 3.62. The first kappa shape index (κ1) is 14.1. The Kier molecular flexibility index (Phi) is 3.94. The maximum atomic E-state index is 12.0. The molecule has 0 spiro atoms. The van der Waals surface area contributed by atoms with Crippen LogP contribution in [0, 0.1) is 6.92 Å². The van der Waals surface area contributed by atoms with Crippen LogP contribution in [0.5, 0.6) is 0 Å². The van der Waals surface area contributed by atoms with Crippen molar-refractivity contribution in [2.45, 2.75) is 17.7 Å². The molecule has 0 unspecified atom stereocenters. The minimum absolute atomic E-state index is 0.0417. The summed E-state index contributed by atoms with van der Waals surface area (Å²) in [6, 6.07) is 3.02. The molecule has 0 aromatic carbocycles. The predicted molar refractivity (Wildman–Crippen MR) is 73.3 cm³/mol. The average Bonchev–Trinajstić information content (AvgIpc) is 2.95. The highest BCUT2D eigenvalue weighted by molar-refractivity contribution is 7.91. The van der Waals surface area contributed by atoms with Crippen molar-refractivity contribution in [3.8, 4) is 0 Å². The number of aryl methyl sites for hydroxylation is 1. The van der Waals surface area contributed by atoms with Gasteiger partial charge in [0.2, 0.25) is 15.9 Å². The predicted octanol–water partition coefficient (Wildman–Crippen LogP) is 0.552. The summed E-state index contributed by atoms with van der Waals surface area (Å²) in [7, 11) is -3.63. The second-order valence-corrected chi connectivity index (χ2v) is 7.05.